The fourth-order valence-corrected chi connectivity index (χ4v) is 4.22. The van der Waals surface area contributed by atoms with Crippen molar-refractivity contribution >= 4 is 41.3 Å². The van der Waals surface area contributed by atoms with Crippen LogP contribution in [-0.4, -0.2) is 47.1 Å². The first-order valence-electron chi connectivity index (χ1n) is 10.4. The second-order valence-corrected chi connectivity index (χ2v) is 8.47. The van der Waals surface area contributed by atoms with Gasteiger partial charge in [-0.05, 0) is 55.0 Å². The number of piperidine rings is 1. The van der Waals surface area contributed by atoms with E-state index in [9.17, 15) is 18.8 Å². The van der Waals surface area contributed by atoms with Crippen molar-refractivity contribution in [1.29, 1.82) is 0 Å². The van der Waals surface area contributed by atoms with E-state index < -0.39 is 17.7 Å². The molecule has 2 fully saturated rings. The van der Waals surface area contributed by atoms with Crippen LogP contribution >= 0.6 is 11.6 Å². The van der Waals surface area contributed by atoms with E-state index in [1.54, 1.807) is 12.1 Å². The maximum Gasteiger partial charge on any atom is 0.335 e. The van der Waals surface area contributed by atoms with E-state index in [1.807, 2.05) is 6.07 Å². The van der Waals surface area contributed by atoms with E-state index in [4.69, 9.17) is 22.4 Å². The minimum absolute atomic E-state index is 0.00566. The number of benzene rings is 2. The number of carboxylic acid groups (broad SMARTS) is 1. The molecule has 3 N–H and O–H groups in total. The average Bonchev–Trinajstić information content (AvgIpc) is 3.63. The van der Waals surface area contributed by atoms with Gasteiger partial charge in [-0.2, -0.15) is 0 Å². The molecule has 1 aliphatic heterocycles. The molecular formula is C24H21ClFN3O4. The fraction of sp³-hybridized carbons (Fsp3) is 0.250. The smallest absolute Gasteiger partial charge is 0.335 e. The number of nitrogens with zero attached hydrogens (tertiary/aromatic N) is 2. The van der Waals surface area contributed by atoms with Crippen LogP contribution in [0.5, 0.6) is 0 Å². The number of halogens is 2. The number of nitrogens with two attached hydrogens (primary N) is 1. The summed E-state index contributed by atoms with van der Waals surface area (Å²) in [6.45, 7) is 0.351. The third kappa shape index (κ3) is 4.66. The van der Waals surface area contributed by atoms with E-state index in [1.165, 1.54) is 17.0 Å². The van der Waals surface area contributed by atoms with Crippen LogP contribution in [0.25, 0.3) is 5.70 Å². The minimum Gasteiger partial charge on any atom is -0.478 e. The molecule has 0 unspecified atom stereocenters. The molecule has 2 aromatic carbocycles. The number of aliphatic imine (C=N–C) groups is 1. The summed E-state index contributed by atoms with van der Waals surface area (Å²) in [5, 5.41) is 9.36. The third-order valence-corrected chi connectivity index (χ3v) is 6.16. The molecule has 7 nitrogen and oxygen atoms in total. The molecule has 0 atom stereocenters. The summed E-state index contributed by atoms with van der Waals surface area (Å²) in [5.41, 5.74) is 7.97. The highest BCUT2D eigenvalue weighted by Gasteiger charge is 2.30. The molecule has 2 aliphatic rings. The summed E-state index contributed by atoms with van der Waals surface area (Å²) >= 11 is 6.33. The van der Waals surface area contributed by atoms with Gasteiger partial charge in [-0.1, -0.05) is 23.7 Å². The number of carbonyl (C=O) groups excluding carboxylic acids is 2. The zero-order valence-electron chi connectivity index (χ0n) is 17.6. The molecule has 0 radical (unpaired) electrons. The summed E-state index contributed by atoms with van der Waals surface area (Å²) in [4.78, 5) is 41.4. The van der Waals surface area contributed by atoms with Gasteiger partial charge >= 0.3 is 5.97 Å². The Balaban J connectivity index is 1.78. The zero-order valence-corrected chi connectivity index (χ0v) is 18.3. The largest absolute Gasteiger partial charge is 0.478 e. The number of aromatic carboxylic acids is 1. The Morgan fingerprint density at radius 3 is 2.64 bits per heavy atom. The van der Waals surface area contributed by atoms with E-state index >= 15 is 0 Å². The van der Waals surface area contributed by atoms with E-state index in [0.29, 0.717) is 29.1 Å². The summed E-state index contributed by atoms with van der Waals surface area (Å²) in [6, 6.07) is 8.71. The molecule has 1 heterocycles. The fourth-order valence-electron chi connectivity index (χ4n) is 3.96. The molecule has 1 saturated carbocycles. The van der Waals surface area contributed by atoms with Crippen LogP contribution in [0.3, 0.4) is 0 Å². The Labute approximate surface area is 194 Å². The third-order valence-electron chi connectivity index (χ3n) is 5.84. The van der Waals surface area contributed by atoms with Gasteiger partial charge in [-0.3, -0.25) is 9.59 Å². The normalized spacial score (nSPS) is 18.8. The van der Waals surface area contributed by atoms with Crippen molar-refractivity contribution in [2.75, 3.05) is 13.1 Å². The van der Waals surface area contributed by atoms with Crippen LogP contribution in [0, 0.1) is 5.82 Å². The molecule has 0 spiro atoms. The number of hydrogen-bond acceptors (Lipinski definition) is 4. The van der Waals surface area contributed by atoms with Gasteiger partial charge in [0.25, 0.3) is 5.91 Å². The second-order valence-electron chi connectivity index (χ2n) is 8.06. The lowest BCUT2D eigenvalue weighted by Gasteiger charge is -2.27. The number of hydrogen-bond donors (Lipinski definition) is 2. The molecule has 4 rings (SSSR count). The van der Waals surface area contributed by atoms with Gasteiger partial charge in [-0.15, -0.1) is 0 Å². The molecular weight excluding hydrogens is 449 g/mol. The Morgan fingerprint density at radius 2 is 2.00 bits per heavy atom. The summed E-state index contributed by atoms with van der Waals surface area (Å²) < 4.78 is 14.6. The molecule has 9 heteroatoms. The number of amides is 2. The quantitative estimate of drug-likeness (QED) is 0.645. The molecule has 1 aliphatic carbocycles. The SMILES string of the molecule is NC(=C1CCN(C=O)CC1=NC(=O)c1c(Cl)cccc1C1CC1)c1ccc(C(=O)O)cc1F. The molecule has 0 bridgehead atoms. The second kappa shape index (κ2) is 9.15. The molecule has 33 heavy (non-hydrogen) atoms. The highest BCUT2D eigenvalue weighted by molar-refractivity contribution is 6.34. The lowest BCUT2D eigenvalue weighted by molar-refractivity contribution is -0.117. The van der Waals surface area contributed by atoms with Crippen molar-refractivity contribution < 1.29 is 23.9 Å². The Morgan fingerprint density at radius 1 is 1.24 bits per heavy atom. The number of carboxylic acids is 1. The van der Waals surface area contributed by atoms with Gasteiger partial charge in [0.05, 0.1) is 28.4 Å². The maximum atomic E-state index is 14.6. The predicted octanol–water partition coefficient (Wildman–Crippen LogP) is 3.87. The van der Waals surface area contributed by atoms with Crippen LogP contribution in [0.2, 0.25) is 5.02 Å². The van der Waals surface area contributed by atoms with Crippen LogP contribution in [0.4, 0.5) is 4.39 Å². The van der Waals surface area contributed by atoms with Gasteiger partial charge in [0.15, 0.2) is 0 Å². The van der Waals surface area contributed by atoms with Crippen LogP contribution in [0.15, 0.2) is 47.0 Å². The lowest BCUT2D eigenvalue weighted by atomic mass is 9.95. The molecule has 2 aromatic rings. The van der Waals surface area contributed by atoms with Crippen molar-refractivity contribution in [3.05, 3.63) is 75.1 Å². The molecule has 170 valence electrons. The van der Waals surface area contributed by atoms with E-state index in [-0.39, 0.29) is 41.4 Å². The summed E-state index contributed by atoms with van der Waals surface area (Å²) in [7, 11) is 0. The van der Waals surface area contributed by atoms with Gasteiger partial charge in [0.1, 0.15) is 5.82 Å². The van der Waals surface area contributed by atoms with Crippen molar-refractivity contribution in [1.82, 2.24) is 4.90 Å². The van der Waals surface area contributed by atoms with Gasteiger partial charge < -0.3 is 15.7 Å². The first-order valence-corrected chi connectivity index (χ1v) is 10.8. The van der Waals surface area contributed by atoms with Crippen molar-refractivity contribution in [3.8, 4) is 0 Å². The summed E-state index contributed by atoms with van der Waals surface area (Å²) in [5.74, 6) is -2.34. The van der Waals surface area contributed by atoms with Crippen LogP contribution in [-0.2, 0) is 4.79 Å². The minimum atomic E-state index is -1.26. The van der Waals surface area contributed by atoms with Crippen LogP contribution in [0.1, 0.15) is 57.0 Å². The highest BCUT2D eigenvalue weighted by Crippen LogP contribution is 2.43. The number of rotatable bonds is 5. The average molecular weight is 470 g/mol. The Bertz CT molecular complexity index is 1220. The lowest BCUT2D eigenvalue weighted by Crippen LogP contribution is -2.37. The number of carbonyl (C=O) groups is 3. The van der Waals surface area contributed by atoms with Gasteiger partial charge in [0.2, 0.25) is 6.41 Å². The first kappa shape index (κ1) is 22.7. The Kier molecular flexibility index (Phi) is 6.29. The van der Waals surface area contributed by atoms with Crippen molar-refractivity contribution in [2.24, 2.45) is 10.7 Å². The number of likely N-dealkylation sites (tertiary alicyclic amines) is 1. The molecule has 1 saturated heterocycles. The monoisotopic (exact) mass is 469 g/mol. The summed E-state index contributed by atoms with van der Waals surface area (Å²) in [6.07, 6.45) is 2.86. The maximum absolute atomic E-state index is 14.6. The van der Waals surface area contributed by atoms with Gasteiger partial charge in [-0.25, -0.2) is 14.2 Å². The topological polar surface area (TPSA) is 113 Å². The van der Waals surface area contributed by atoms with Crippen molar-refractivity contribution in [3.63, 3.8) is 0 Å². The van der Waals surface area contributed by atoms with Gasteiger partial charge in [0, 0.05) is 23.4 Å². The van der Waals surface area contributed by atoms with Crippen LogP contribution < -0.4 is 5.73 Å². The molecule has 2 amide bonds. The standard InChI is InChI=1S/C24H21ClFN3O4/c25-18-3-1-2-15(13-4-5-13)21(18)23(31)28-20-11-29(12-30)9-8-17(20)22(27)16-7-6-14(24(32)33)10-19(16)26/h1-3,6-7,10,12-13H,4-5,8-9,11,27H2,(H,32,33). The van der Waals surface area contributed by atoms with Crippen molar-refractivity contribution in [2.45, 2.75) is 25.2 Å². The first-order chi connectivity index (χ1) is 15.8. The highest BCUT2D eigenvalue weighted by atomic mass is 35.5. The Hall–Kier alpha value is -3.52. The van der Waals surface area contributed by atoms with E-state index in [0.717, 1.165) is 24.5 Å². The zero-order chi connectivity index (χ0) is 23.7. The van der Waals surface area contributed by atoms with E-state index in [2.05, 4.69) is 4.99 Å². The molecule has 0 aromatic heterocycles. The predicted molar refractivity (Wildman–Crippen MR) is 122 cm³/mol.